The van der Waals surface area contributed by atoms with E-state index in [4.69, 9.17) is 4.74 Å². The van der Waals surface area contributed by atoms with E-state index in [1.165, 1.54) is 0 Å². The lowest BCUT2D eigenvalue weighted by molar-refractivity contribution is 0.306. The lowest BCUT2D eigenvalue weighted by Gasteiger charge is -2.07. The van der Waals surface area contributed by atoms with Crippen molar-refractivity contribution in [2.24, 2.45) is 0 Å². The van der Waals surface area contributed by atoms with Crippen LogP contribution in [0.4, 0.5) is 0 Å². The van der Waals surface area contributed by atoms with Gasteiger partial charge in [-0.3, -0.25) is 5.10 Å². The number of nitrogens with zero attached hydrogens (tertiary/aromatic N) is 5. The minimum atomic E-state index is 0.463. The lowest BCUT2D eigenvalue weighted by Crippen LogP contribution is -1.96. The van der Waals surface area contributed by atoms with E-state index in [0.29, 0.717) is 18.1 Å². The van der Waals surface area contributed by atoms with Crippen LogP contribution in [-0.2, 0) is 6.61 Å². The van der Waals surface area contributed by atoms with Crippen molar-refractivity contribution in [1.29, 1.82) is 0 Å². The van der Waals surface area contributed by atoms with E-state index in [1.807, 2.05) is 48.5 Å². The Morgan fingerprint density at radius 2 is 2.04 bits per heavy atom. The predicted octanol–water partition coefficient (Wildman–Crippen LogP) is 4.01. The Bertz CT molecular complexity index is 1260. The Morgan fingerprint density at radius 3 is 2.96 bits per heavy atom. The Balaban J connectivity index is 1.45. The minimum absolute atomic E-state index is 0.463. The average Bonchev–Trinajstić information content (AvgIpc) is 3.33. The third kappa shape index (κ3) is 3.04. The molecular weight excluding hydrogens is 408 g/mol. The van der Waals surface area contributed by atoms with Crippen LogP contribution < -0.4 is 4.74 Å². The molecule has 5 rings (SSSR count). The first kappa shape index (κ1) is 16.0. The first-order valence-corrected chi connectivity index (χ1v) is 9.08. The Kier molecular flexibility index (Phi) is 3.83. The van der Waals surface area contributed by atoms with Crippen molar-refractivity contribution in [3.63, 3.8) is 0 Å². The fourth-order valence-electron chi connectivity index (χ4n) is 2.89. The highest BCUT2D eigenvalue weighted by molar-refractivity contribution is 9.10. The normalized spacial score (nSPS) is 11.3. The summed E-state index contributed by atoms with van der Waals surface area (Å²) in [4.78, 5) is 8.94. The van der Waals surface area contributed by atoms with Crippen molar-refractivity contribution in [3.05, 3.63) is 71.1 Å². The highest BCUT2D eigenvalue weighted by atomic mass is 79.9. The van der Waals surface area contributed by atoms with Gasteiger partial charge in [-0.2, -0.15) is 5.10 Å². The summed E-state index contributed by atoms with van der Waals surface area (Å²) in [5, 5.41) is 12.2. The molecule has 0 aliphatic rings. The SMILES string of the molecule is Brc1cccc(OCc2cccc(-c3nc4c5cn[nH]c5ncn4n3)c2)c1. The molecule has 0 aliphatic carbocycles. The fraction of sp³-hybridized carbons (Fsp3) is 0.0526. The summed E-state index contributed by atoms with van der Waals surface area (Å²) in [6, 6.07) is 15.8. The van der Waals surface area contributed by atoms with Crippen LogP contribution >= 0.6 is 15.9 Å². The minimum Gasteiger partial charge on any atom is -0.489 e. The van der Waals surface area contributed by atoms with E-state index in [-0.39, 0.29) is 0 Å². The second-order valence-electron chi connectivity index (χ2n) is 6.03. The molecule has 0 amide bonds. The van der Waals surface area contributed by atoms with Gasteiger partial charge in [0.05, 0.1) is 11.6 Å². The maximum Gasteiger partial charge on any atom is 0.182 e. The number of aromatic nitrogens is 6. The number of aromatic amines is 1. The molecule has 2 aromatic carbocycles. The maximum atomic E-state index is 5.87. The van der Waals surface area contributed by atoms with Crippen LogP contribution in [0, 0.1) is 0 Å². The summed E-state index contributed by atoms with van der Waals surface area (Å²) < 4.78 is 8.52. The summed E-state index contributed by atoms with van der Waals surface area (Å²) >= 11 is 3.45. The van der Waals surface area contributed by atoms with Crippen LogP contribution in [0.1, 0.15) is 5.56 Å². The molecule has 0 radical (unpaired) electrons. The smallest absolute Gasteiger partial charge is 0.182 e. The molecule has 0 saturated heterocycles. The van der Waals surface area contributed by atoms with E-state index in [1.54, 1.807) is 17.0 Å². The van der Waals surface area contributed by atoms with Gasteiger partial charge in [-0.25, -0.2) is 14.5 Å². The fourth-order valence-corrected chi connectivity index (χ4v) is 3.27. The summed E-state index contributed by atoms with van der Waals surface area (Å²) in [7, 11) is 0. The molecular formula is C19H13BrN6O. The second kappa shape index (κ2) is 6.48. The Morgan fingerprint density at radius 1 is 1.11 bits per heavy atom. The number of halogens is 1. The number of benzene rings is 2. The van der Waals surface area contributed by atoms with Crippen LogP contribution in [0.25, 0.3) is 28.1 Å². The van der Waals surface area contributed by atoms with Crippen LogP contribution in [0.2, 0.25) is 0 Å². The molecule has 8 heteroatoms. The quantitative estimate of drug-likeness (QED) is 0.474. The van der Waals surface area contributed by atoms with Gasteiger partial charge in [-0.05, 0) is 29.8 Å². The Hall–Kier alpha value is -3.26. The number of ether oxygens (including phenoxy) is 1. The van der Waals surface area contributed by atoms with E-state index in [0.717, 1.165) is 32.4 Å². The van der Waals surface area contributed by atoms with E-state index >= 15 is 0 Å². The standard InChI is InChI=1S/C19H13BrN6O/c20-14-5-2-6-15(8-14)27-10-12-3-1-4-13(7-12)17-23-19-16-9-22-24-18(16)21-11-26(19)25-17/h1-9,11H,10H2,(H,22,24). The first-order valence-electron chi connectivity index (χ1n) is 8.28. The summed E-state index contributed by atoms with van der Waals surface area (Å²) in [5.41, 5.74) is 3.38. The molecule has 0 spiro atoms. The van der Waals surface area contributed by atoms with Crippen molar-refractivity contribution >= 4 is 32.6 Å². The molecule has 27 heavy (non-hydrogen) atoms. The average molecular weight is 421 g/mol. The molecule has 3 heterocycles. The zero-order valence-corrected chi connectivity index (χ0v) is 15.6. The molecule has 5 aromatic rings. The number of rotatable bonds is 4. The number of H-pyrrole nitrogens is 1. The van der Waals surface area contributed by atoms with E-state index < -0.39 is 0 Å². The molecule has 0 fully saturated rings. The molecule has 3 aromatic heterocycles. The van der Waals surface area contributed by atoms with Crippen molar-refractivity contribution < 1.29 is 4.74 Å². The summed E-state index contributed by atoms with van der Waals surface area (Å²) in [6.45, 7) is 0.463. The molecule has 0 saturated carbocycles. The van der Waals surface area contributed by atoms with Gasteiger partial charge in [0, 0.05) is 10.0 Å². The zero-order valence-electron chi connectivity index (χ0n) is 14.0. The predicted molar refractivity (Wildman–Crippen MR) is 104 cm³/mol. The highest BCUT2D eigenvalue weighted by Crippen LogP contribution is 2.22. The molecule has 0 aliphatic heterocycles. The van der Waals surface area contributed by atoms with Crippen molar-refractivity contribution in [1.82, 2.24) is 29.8 Å². The second-order valence-corrected chi connectivity index (χ2v) is 6.94. The number of nitrogens with one attached hydrogen (secondary N) is 1. The molecule has 0 atom stereocenters. The molecule has 1 N–H and O–H groups in total. The van der Waals surface area contributed by atoms with Gasteiger partial charge in [0.25, 0.3) is 0 Å². The van der Waals surface area contributed by atoms with Gasteiger partial charge in [-0.1, -0.05) is 40.2 Å². The van der Waals surface area contributed by atoms with Gasteiger partial charge >= 0.3 is 0 Å². The van der Waals surface area contributed by atoms with Crippen molar-refractivity contribution in [2.75, 3.05) is 0 Å². The zero-order chi connectivity index (χ0) is 18.2. The van der Waals surface area contributed by atoms with Gasteiger partial charge in [-0.15, -0.1) is 5.10 Å². The van der Waals surface area contributed by atoms with Crippen molar-refractivity contribution in [2.45, 2.75) is 6.61 Å². The van der Waals surface area contributed by atoms with E-state index in [9.17, 15) is 0 Å². The monoisotopic (exact) mass is 420 g/mol. The third-order valence-electron chi connectivity index (χ3n) is 4.17. The molecule has 0 unspecified atom stereocenters. The van der Waals surface area contributed by atoms with Gasteiger partial charge < -0.3 is 4.74 Å². The molecule has 7 nitrogen and oxygen atoms in total. The number of hydrogen-bond donors (Lipinski definition) is 1. The molecule has 132 valence electrons. The van der Waals surface area contributed by atoms with Crippen molar-refractivity contribution in [3.8, 4) is 17.1 Å². The first-order chi connectivity index (χ1) is 13.3. The van der Waals surface area contributed by atoms with E-state index in [2.05, 4.69) is 41.2 Å². The summed E-state index contributed by atoms with van der Waals surface area (Å²) in [5.74, 6) is 1.45. The highest BCUT2D eigenvalue weighted by Gasteiger charge is 2.11. The van der Waals surface area contributed by atoms with Gasteiger partial charge in [0.2, 0.25) is 0 Å². The number of fused-ring (bicyclic) bond motifs is 3. The van der Waals surface area contributed by atoms with Crippen LogP contribution in [0.3, 0.4) is 0 Å². The largest absolute Gasteiger partial charge is 0.489 e. The van der Waals surface area contributed by atoms with Crippen LogP contribution in [-0.4, -0.2) is 29.8 Å². The lowest BCUT2D eigenvalue weighted by atomic mass is 10.1. The van der Waals surface area contributed by atoms with Gasteiger partial charge in [0.1, 0.15) is 18.7 Å². The van der Waals surface area contributed by atoms with Crippen LogP contribution in [0.5, 0.6) is 5.75 Å². The maximum absolute atomic E-state index is 5.87. The Labute approximate surface area is 162 Å². The third-order valence-corrected chi connectivity index (χ3v) is 4.67. The topological polar surface area (TPSA) is 81.0 Å². The molecule has 0 bridgehead atoms. The number of hydrogen-bond acceptors (Lipinski definition) is 5. The van der Waals surface area contributed by atoms with Gasteiger partial charge in [0.15, 0.2) is 17.1 Å². The van der Waals surface area contributed by atoms with Crippen LogP contribution in [0.15, 0.2) is 65.5 Å². The summed E-state index contributed by atoms with van der Waals surface area (Å²) in [6.07, 6.45) is 3.34.